The number of para-hydroxylation sites is 1. The number of aromatic carboxylic acids is 1. The van der Waals surface area contributed by atoms with Gasteiger partial charge in [-0.2, -0.15) is 0 Å². The summed E-state index contributed by atoms with van der Waals surface area (Å²) in [5, 5.41) is 11.9. The van der Waals surface area contributed by atoms with Gasteiger partial charge in [-0.15, -0.1) is 0 Å². The second kappa shape index (κ2) is 8.10. The SMILES string of the molecule is CCOc1ccccc1C(CC)NC(=O)c1ccnc(C(=O)O)c1. The molecule has 0 saturated carbocycles. The Hall–Kier alpha value is -2.89. The predicted molar refractivity (Wildman–Crippen MR) is 89.3 cm³/mol. The number of carboxylic acid groups (broad SMARTS) is 1. The van der Waals surface area contributed by atoms with E-state index < -0.39 is 5.97 Å². The van der Waals surface area contributed by atoms with Crippen LogP contribution < -0.4 is 10.1 Å². The van der Waals surface area contributed by atoms with Gasteiger partial charge in [0.1, 0.15) is 11.4 Å². The molecular formula is C18H20N2O4. The van der Waals surface area contributed by atoms with E-state index in [1.807, 2.05) is 38.1 Å². The van der Waals surface area contributed by atoms with Crippen LogP contribution in [0.1, 0.15) is 52.7 Å². The predicted octanol–water partition coefficient (Wildman–Crippen LogP) is 3.06. The van der Waals surface area contributed by atoms with Crippen molar-refractivity contribution < 1.29 is 19.4 Å². The van der Waals surface area contributed by atoms with Gasteiger partial charge in [-0.1, -0.05) is 25.1 Å². The first kappa shape index (κ1) is 17.5. The monoisotopic (exact) mass is 328 g/mol. The maximum absolute atomic E-state index is 12.5. The molecule has 6 heteroatoms. The van der Waals surface area contributed by atoms with E-state index in [1.165, 1.54) is 18.3 Å². The summed E-state index contributed by atoms with van der Waals surface area (Å²) in [4.78, 5) is 27.2. The highest BCUT2D eigenvalue weighted by atomic mass is 16.5. The van der Waals surface area contributed by atoms with Crippen LogP contribution in [0, 0.1) is 0 Å². The third-order valence-corrected chi connectivity index (χ3v) is 3.55. The van der Waals surface area contributed by atoms with Crippen LogP contribution in [0.3, 0.4) is 0 Å². The maximum Gasteiger partial charge on any atom is 0.354 e. The molecule has 0 saturated heterocycles. The molecule has 0 aliphatic carbocycles. The molecule has 6 nitrogen and oxygen atoms in total. The zero-order valence-electron chi connectivity index (χ0n) is 13.7. The van der Waals surface area contributed by atoms with Gasteiger partial charge in [-0.25, -0.2) is 9.78 Å². The highest BCUT2D eigenvalue weighted by Gasteiger charge is 2.18. The molecule has 0 aliphatic rings. The Kier molecular flexibility index (Phi) is 5.89. The van der Waals surface area contributed by atoms with Crippen molar-refractivity contribution in [2.24, 2.45) is 0 Å². The summed E-state index contributed by atoms with van der Waals surface area (Å²) in [7, 11) is 0. The number of pyridine rings is 1. The summed E-state index contributed by atoms with van der Waals surface area (Å²) in [5.74, 6) is -0.787. The molecule has 1 atom stereocenters. The Morgan fingerprint density at radius 1 is 1.25 bits per heavy atom. The highest BCUT2D eigenvalue weighted by molar-refractivity contribution is 5.96. The maximum atomic E-state index is 12.5. The van der Waals surface area contributed by atoms with E-state index in [2.05, 4.69) is 10.3 Å². The molecule has 0 bridgehead atoms. The average Bonchev–Trinajstić information content (AvgIpc) is 2.60. The van der Waals surface area contributed by atoms with Crippen LogP contribution in [0.4, 0.5) is 0 Å². The van der Waals surface area contributed by atoms with Crippen molar-refractivity contribution in [1.82, 2.24) is 10.3 Å². The van der Waals surface area contributed by atoms with E-state index in [0.717, 1.165) is 11.3 Å². The van der Waals surface area contributed by atoms with Gasteiger partial charge in [0.25, 0.3) is 5.91 Å². The smallest absolute Gasteiger partial charge is 0.354 e. The van der Waals surface area contributed by atoms with Crippen LogP contribution in [0.5, 0.6) is 5.75 Å². The standard InChI is InChI=1S/C18H20N2O4/c1-3-14(13-7-5-6-8-16(13)24-4-2)20-17(21)12-9-10-19-15(11-12)18(22)23/h5-11,14H,3-4H2,1-2H3,(H,20,21)(H,22,23). The molecule has 1 aromatic heterocycles. The molecule has 1 unspecified atom stereocenters. The van der Waals surface area contributed by atoms with Crippen molar-refractivity contribution in [2.45, 2.75) is 26.3 Å². The molecule has 0 radical (unpaired) electrons. The number of amides is 1. The minimum absolute atomic E-state index is 0.162. The van der Waals surface area contributed by atoms with Crippen molar-refractivity contribution >= 4 is 11.9 Å². The molecule has 2 rings (SSSR count). The molecule has 0 spiro atoms. The summed E-state index contributed by atoms with van der Waals surface area (Å²) in [6, 6.07) is 10.1. The molecule has 1 heterocycles. The highest BCUT2D eigenvalue weighted by Crippen LogP contribution is 2.27. The van der Waals surface area contributed by atoms with E-state index in [0.29, 0.717) is 13.0 Å². The van der Waals surface area contributed by atoms with Gasteiger partial charge in [0.2, 0.25) is 0 Å². The summed E-state index contributed by atoms with van der Waals surface area (Å²) in [6.07, 6.45) is 1.99. The normalized spacial score (nSPS) is 11.6. The van der Waals surface area contributed by atoms with Crippen LogP contribution in [0.2, 0.25) is 0 Å². The number of carbonyl (C=O) groups is 2. The zero-order valence-corrected chi connectivity index (χ0v) is 13.7. The van der Waals surface area contributed by atoms with Crippen molar-refractivity contribution in [3.63, 3.8) is 0 Å². The number of rotatable bonds is 7. The number of hydrogen-bond donors (Lipinski definition) is 2. The van der Waals surface area contributed by atoms with Gasteiger partial charge in [-0.3, -0.25) is 4.79 Å². The minimum atomic E-state index is -1.17. The number of hydrogen-bond acceptors (Lipinski definition) is 4. The van der Waals surface area contributed by atoms with E-state index in [9.17, 15) is 9.59 Å². The van der Waals surface area contributed by atoms with Gasteiger partial charge < -0.3 is 15.2 Å². The molecule has 0 aliphatic heterocycles. The Bertz CT molecular complexity index is 730. The van der Waals surface area contributed by atoms with E-state index >= 15 is 0 Å². The van der Waals surface area contributed by atoms with Gasteiger partial charge >= 0.3 is 5.97 Å². The van der Waals surface area contributed by atoms with Gasteiger partial charge in [0.05, 0.1) is 12.6 Å². The molecule has 24 heavy (non-hydrogen) atoms. The van der Waals surface area contributed by atoms with Gasteiger partial charge in [-0.05, 0) is 31.5 Å². The molecule has 2 aromatic rings. The largest absolute Gasteiger partial charge is 0.494 e. The second-order valence-electron chi connectivity index (χ2n) is 5.14. The number of carboxylic acids is 1. The van der Waals surface area contributed by atoms with E-state index in [1.54, 1.807) is 0 Å². The topological polar surface area (TPSA) is 88.5 Å². The Morgan fingerprint density at radius 3 is 2.67 bits per heavy atom. The minimum Gasteiger partial charge on any atom is -0.494 e. The van der Waals surface area contributed by atoms with Crippen LogP contribution in [-0.4, -0.2) is 28.6 Å². The second-order valence-corrected chi connectivity index (χ2v) is 5.14. The first-order valence-electron chi connectivity index (χ1n) is 7.78. The van der Waals surface area contributed by atoms with Crippen LogP contribution in [0.25, 0.3) is 0 Å². The van der Waals surface area contributed by atoms with Crippen molar-refractivity contribution in [3.8, 4) is 5.75 Å². The summed E-state index contributed by atoms with van der Waals surface area (Å²) < 4.78 is 5.62. The summed E-state index contributed by atoms with van der Waals surface area (Å²) >= 11 is 0. The molecule has 0 fully saturated rings. The zero-order chi connectivity index (χ0) is 17.5. The number of ether oxygens (including phenoxy) is 1. The summed E-state index contributed by atoms with van der Waals surface area (Å²) in [6.45, 7) is 4.40. The first-order valence-corrected chi connectivity index (χ1v) is 7.78. The van der Waals surface area contributed by atoms with Crippen LogP contribution in [-0.2, 0) is 0 Å². The molecule has 126 valence electrons. The molecule has 1 aromatic carbocycles. The van der Waals surface area contributed by atoms with Gasteiger partial charge in [0, 0.05) is 17.3 Å². The van der Waals surface area contributed by atoms with Gasteiger partial charge in [0.15, 0.2) is 0 Å². The van der Waals surface area contributed by atoms with Crippen molar-refractivity contribution in [2.75, 3.05) is 6.61 Å². The number of benzene rings is 1. The third kappa shape index (κ3) is 4.10. The van der Waals surface area contributed by atoms with E-state index in [-0.39, 0.29) is 23.2 Å². The Balaban J connectivity index is 2.23. The molecular weight excluding hydrogens is 308 g/mol. The number of aromatic nitrogens is 1. The van der Waals surface area contributed by atoms with Crippen LogP contribution in [0.15, 0.2) is 42.6 Å². The fraction of sp³-hybridized carbons (Fsp3) is 0.278. The number of nitrogens with one attached hydrogen (secondary N) is 1. The summed E-state index contributed by atoms with van der Waals surface area (Å²) in [5.41, 5.74) is 0.989. The van der Waals surface area contributed by atoms with Crippen LogP contribution >= 0.6 is 0 Å². The van der Waals surface area contributed by atoms with E-state index in [4.69, 9.17) is 9.84 Å². The first-order chi connectivity index (χ1) is 11.6. The number of carbonyl (C=O) groups excluding carboxylic acids is 1. The quantitative estimate of drug-likeness (QED) is 0.815. The lowest BCUT2D eigenvalue weighted by Gasteiger charge is -2.20. The lowest BCUT2D eigenvalue weighted by molar-refractivity contribution is 0.0690. The Labute approximate surface area is 140 Å². The Morgan fingerprint density at radius 2 is 2.00 bits per heavy atom. The number of nitrogens with zero attached hydrogens (tertiary/aromatic N) is 1. The van der Waals surface area contributed by atoms with Crippen molar-refractivity contribution in [1.29, 1.82) is 0 Å². The molecule has 1 amide bonds. The average molecular weight is 328 g/mol. The lowest BCUT2D eigenvalue weighted by atomic mass is 10.0. The van der Waals surface area contributed by atoms with Crippen molar-refractivity contribution in [3.05, 3.63) is 59.4 Å². The fourth-order valence-corrected chi connectivity index (χ4v) is 2.39. The molecule has 2 N–H and O–H groups in total. The fourth-order valence-electron chi connectivity index (χ4n) is 2.39. The lowest BCUT2D eigenvalue weighted by Crippen LogP contribution is -2.28. The third-order valence-electron chi connectivity index (χ3n) is 3.55.